The van der Waals surface area contributed by atoms with Gasteiger partial charge in [0.2, 0.25) is 0 Å². The van der Waals surface area contributed by atoms with E-state index in [9.17, 15) is 4.79 Å². The number of nitrogens with one attached hydrogen (secondary N) is 2. The number of aromatic amines is 1. The number of urea groups is 1. The van der Waals surface area contributed by atoms with Crippen LogP contribution in [0.4, 0.5) is 10.5 Å². The molecular formula is C21H22N4O3. The molecule has 0 radical (unpaired) electrons. The van der Waals surface area contributed by atoms with Crippen molar-refractivity contribution in [1.29, 1.82) is 0 Å². The van der Waals surface area contributed by atoms with E-state index < -0.39 is 0 Å². The van der Waals surface area contributed by atoms with Crippen molar-refractivity contribution in [3.63, 3.8) is 0 Å². The molecule has 144 valence electrons. The number of H-pyrrole nitrogens is 1. The van der Waals surface area contributed by atoms with Crippen LogP contribution in [0.1, 0.15) is 23.0 Å². The lowest BCUT2D eigenvalue weighted by Crippen LogP contribution is -2.43. The second-order valence-corrected chi connectivity index (χ2v) is 6.52. The Labute approximate surface area is 163 Å². The van der Waals surface area contributed by atoms with E-state index in [-0.39, 0.29) is 12.1 Å². The predicted octanol–water partition coefficient (Wildman–Crippen LogP) is 3.61. The number of amides is 2. The molecule has 28 heavy (non-hydrogen) atoms. The Balaban J connectivity index is 1.63. The number of anilines is 1. The summed E-state index contributed by atoms with van der Waals surface area (Å²) < 4.78 is 10.6. The number of carbonyl (C=O) groups excluding carboxylic acids is 1. The molecule has 0 spiro atoms. The molecule has 0 saturated heterocycles. The van der Waals surface area contributed by atoms with Gasteiger partial charge in [-0.05, 0) is 17.7 Å². The molecule has 1 aliphatic heterocycles. The summed E-state index contributed by atoms with van der Waals surface area (Å²) in [5, 5.41) is 2.97. The normalized spacial score (nSPS) is 15.6. The van der Waals surface area contributed by atoms with Crippen molar-refractivity contribution in [2.75, 3.05) is 26.1 Å². The van der Waals surface area contributed by atoms with Crippen LogP contribution in [0.3, 0.4) is 0 Å². The van der Waals surface area contributed by atoms with Crippen molar-refractivity contribution >= 4 is 11.7 Å². The fourth-order valence-corrected chi connectivity index (χ4v) is 3.58. The summed E-state index contributed by atoms with van der Waals surface area (Å²) >= 11 is 0. The number of benzene rings is 2. The van der Waals surface area contributed by atoms with Crippen LogP contribution in [0.25, 0.3) is 0 Å². The first-order valence-electron chi connectivity index (χ1n) is 9.08. The van der Waals surface area contributed by atoms with Crippen molar-refractivity contribution in [3.8, 4) is 11.5 Å². The maximum Gasteiger partial charge on any atom is 0.322 e. The largest absolute Gasteiger partial charge is 0.493 e. The highest BCUT2D eigenvalue weighted by molar-refractivity contribution is 5.90. The monoisotopic (exact) mass is 378 g/mol. The Morgan fingerprint density at radius 1 is 1.14 bits per heavy atom. The van der Waals surface area contributed by atoms with E-state index in [1.807, 2.05) is 35.2 Å². The van der Waals surface area contributed by atoms with E-state index >= 15 is 0 Å². The number of ether oxygens (including phenoxy) is 2. The van der Waals surface area contributed by atoms with Gasteiger partial charge < -0.3 is 24.7 Å². The van der Waals surface area contributed by atoms with Crippen LogP contribution < -0.4 is 14.8 Å². The Morgan fingerprint density at radius 3 is 2.68 bits per heavy atom. The van der Waals surface area contributed by atoms with E-state index in [0.717, 1.165) is 23.4 Å². The minimum Gasteiger partial charge on any atom is -0.493 e. The zero-order valence-corrected chi connectivity index (χ0v) is 15.8. The number of methoxy groups -OCH3 is 2. The second-order valence-electron chi connectivity index (χ2n) is 6.52. The zero-order valence-electron chi connectivity index (χ0n) is 15.8. The molecule has 0 unspecified atom stereocenters. The molecule has 7 heteroatoms. The number of nitrogens with zero attached hydrogens (tertiary/aromatic N) is 2. The van der Waals surface area contributed by atoms with Gasteiger partial charge in [0, 0.05) is 30.4 Å². The van der Waals surface area contributed by atoms with Gasteiger partial charge >= 0.3 is 6.03 Å². The summed E-state index contributed by atoms with van der Waals surface area (Å²) in [6, 6.07) is 14.8. The van der Waals surface area contributed by atoms with Crippen molar-refractivity contribution in [2.24, 2.45) is 0 Å². The summed E-state index contributed by atoms with van der Waals surface area (Å²) in [7, 11) is 3.15. The van der Waals surface area contributed by atoms with Crippen LogP contribution in [-0.2, 0) is 6.42 Å². The molecule has 4 rings (SSSR count). The lowest BCUT2D eigenvalue weighted by Gasteiger charge is -2.35. The summed E-state index contributed by atoms with van der Waals surface area (Å²) in [4.78, 5) is 22.6. The molecule has 0 fully saturated rings. The molecule has 7 nitrogen and oxygen atoms in total. The van der Waals surface area contributed by atoms with Gasteiger partial charge in [0.25, 0.3) is 0 Å². The van der Waals surface area contributed by atoms with Gasteiger partial charge in [0.05, 0.1) is 26.2 Å². The van der Waals surface area contributed by atoms with Crippen molar-refractivity contribution in [2.45, 2.75) is 12.5 Å². The molecule has 0 saturated carbocycles. The van der Waals surface area contributed by atoms with Crippen molar-refractivity contribution in [3.05, 3.63) is 71.8 Å². The second kappa shape index (κ2) is 7.64. The molecule has 2 N–H and O–H groups in total. The maximum absolute atomic E-state index is 13.1. The molecule has 2 aromatic carbocycles. The lowest BCUT2D eigenvalue weighted by molar-refractivity contribution is 0.192. The number of fused-ring (bicyclic) bond motifs is 1. The average molecular weight is 378 g/mol. The first kappa shape index (κ1) is 17.9. The van der Waals surface area contributed by atoms with Crippen molar-refractivity contribution in [1.82, 2.24) is 14.9 Å². The molecule has 1 aliphatic rings. The van der Waals surface area contributed by atoms with Crippen LogP contribution in [0.5, 0.6) is 11.5 Å². The van der Waals surface area contributed by atoms with Gasteiger partial charge in [-0.25, -0.2) is 9.78 Å². The molecule has 1 aromatic heterocycles. The van der Waals surface area contributed by atoms with Gasteiger partial charge in [-0.1, -0.05) is 30.3 Å². The van der Waals surface area contributed by atoms with E-state index in [1.165, 1.54) is 0 Å². The number of carbonyl (C=O) groups is 1. The highest BCUT2D eigenvalue weighted by Gasteiger charge is 2.34. The van der Waals surface area contributed by atoms with Crippen LogP contribution in [0.15, 0.2) is 54.9 Å². The molecule has 0 aliphatic carbocycles. The highest BCUT2D eigenvalue weighted by Crippen LogP contribution is 2.34. The number of hydrogen-bond acceptors (Lipinski definition) is 4. The quantitative estimate of drug-likeness (QED) is 0.727. The molecule has 0 bridgehead atoms. The maximum atomic E-state index is 13.1. The van der Waals surface area contributed by atoms with Gasteiger partial charge in [0.1, 0.15) is 6.04 Å². The standard InChI is InChI=1S/C21H22N4O3/c1-27-17-9-8-15(12-18(17)28-2)24-21(26)25-11-10-16-19(23-13-22-16)20(25)14-6-4-3-5-7-14/h3-9,12-13,20H,10-11H2,1-2H3,(H,22,23)(H,24,26)/t20-/m0/s1. The van der Waals surface area contributed by atoms with Gasteiger partial charge in [-0.15, -0.1) is 0 Å². The van der Waals surface area contributed by atoms with Crippen LogP contribution in [-0.4, -0.2) is 41.7 Å². The molecule has 2 amide bonds. The van der Waals surface area contributed by atoms with Crippen LogP contribution in [0.2, 0.25) is 0 Å². The highest BCUT2D eigenvalue weighted by atomic mass is 16.5. The Hall–Kier alpha value is -3.48. The van der Waals surface area contributed by atoms with Crippen molar-refractivity contribution < 1.29 is 14.3 Å². The minimum absolute atomic E-state index is 0.185. The zero-order chi connectivity index (χ0) is 19.5. The van der Waals surface area contributed by atoms with E-state index in [2.05, 4.69) is 15.3 Å². The summed E-state index contributed by atoms with van der Waals surface area (Å²) in [5.74, 6) is 1.18. The molecule has 3 aromatic rings. The lowest BCUT2D eigenvalue weighted by atomic mass is 9.96. The number of aromatic nitrogens is 2. The Bertz CT molecular complexity index is 971. The first-order valence-corrected chi connectivity index (χ1v) is 9.08. The fraction of sp³-hybridized carbons (Fsp3) is 0.238. The third-order valence-electron chi connectivity index (χ3n) is 4.94. The Kier molecular flexibility index (Phi) is 4.89. The fourth-order valence-electron chi connectivity index (χ4n) is 3.58. The minimum atomic E-state index is -0.239. The smallest absolute Gasteiger partial charge is 0.322 e. The number of hydrogen-bond donors (Lipinski definition) is 2. The molecular weight excluding hydrogens is 356 g/mol. The summed E-state index contributed by atoms with van der Waals surface area (Å²) in [6.45, 7) is 0.591. The van der Waals surface area contributed by atoms with E-state index in [4.69, 9.17) is 9.47 Å². The number of rotatable bonds is 4. The van der Waals surface area contributed by atoms with E-state index in [1.54, 1.807) is 38.7 Å². The van der Waals surface area contributed by atoms with E-state index in [0.29, 0.717) is 23.7 Å². The molecule has 1 atom stereocenters. The predicted molar refractivity (Wildman–Crippen MR) is 106 cm³/mol. The SMILES string of the molecule is COc1ccc(NC(=O)N2CCc3[nH]cnc3[C@@H]2c2ccccc2)cc1OC. The van der Waals surface area contributed by atoms with Gasteiger partial charge in [-0.3, -0.25) is 0 Å². The van der Waals surface area contributed by atoms with Gasteiger partial charge in [0.15, 0.2) is 11.5 Å². The summed E-state index contributed by atoms with van der Waals surface area (Å²) in [5.41, 5.74) is 3.63. The van der Waals surface area contributed by atoms with Crippen LogP contribution in [0, 0.1) is 0 Å². The number of imidazole rings is 1. The van der Waals surface area contributed by atoms with Gasteiger partial charge in [-0.2, -0.15) is 0 Å². The average Bonchev–Trinajstić information content (AvgIpc) is 3.22. The first-order chi connectivity index (χ1) is 13.7. The third-order valence-corrected chi connectivity index (χ3v) is 4.94. The Morgan fingerprint density at radius 2 is 1.93 bits per heavy atom. The topological polar surface area (TPSA) is 79.5 Å². The third kappa shape index (κ3) is 3.26. The van der Waals surface area contributed by atoms with Crippen LogP contribution >= 0.6 is 0 Å². The summed E-state index contributed by atoms with van der Waals surface area (Å²) in [6.07, 6.45) is 2.42. The molecule has 2 heterocycles.